The van der Waals surface area contributed by atoms with Crippen LogP contribution in [0.2, 0.25) is 0 Å². The van der Waals surface area contributed by atoms with Gasteiger partial charge in [-0.3, -0.25) is 9.52 Å². The number of carbonyl (C=O) groups excluding carboxylic acids is 1. The molecule has 0 bridgehead atoms. The molecule has 0 saturated carbocycles. The summed E-state index contributed by atoms with van der Waals surface area (Å²) in [5.74, 6) is 0.490. The average Bonchev–Trinajstić information content (AvgIpc) is 2.85. The molecule has 2 rings (SSSR count). The van der Waals surface area contributed by atoms with Crippen molar-refractivity contribution in [2.24, 2.45) is 5.14 Å². The summed E-state index contributed by atoms with van der Waals surface area (Å²) in [6.45, 7) is 1.92. The van der Waals surface area contributed by atoms with Crippen LogP contribution < -0.4 is 15.2 Å². The third kappa shape index (κ3) is 4.33. The van der Waals surface area contributed by atoms with Gasteiger partial charge in [0.1, 0.15) is 5.76 Å². The van der Waals surface area contributed by atoms with Crippen molar-refractivity contribution < 1.29 is 17.6 Å². The Kier molecular flexibility index (Phi) is 4.29. The summed E-state index contributed by atoms with van der Waals surface area (Å²) >= 11 is 0. The molecule has 8 heteroatoms. The van der Waals surface area contributed by atoms with Gasteiger partial charge in [0, 0.05) is 12.1 Å². The maximum absolute atomic E-state index is 12.0. The summed E-state index contributed by atoms with van der Waals surface area (Å²) in [4.78, 5) is 12.0. The van der Waals surface area contributed by atoms with E-state index in [2.05, 4.69) is 10.0 Å². The summed E-state index contributed by atoms with van der Waals surface area (Å²) < 4.78 is 29.4. The second-order valence-corrected chi connectivity index (χ2v) is 5.60. The van der Waals surface area contributed by atoms with Gasteiger partial charge in [-0.05, 0) is 30.3 Å². The molecule has 1 heterocycles. The normalized spacial score (nSPS) is 11.1. The maximum atomic E-state index is 12.0. The minimum Gasteiger partial charge on any atom is -0.456 e. The van der Waals surface area contributed by atoms with Gasteiger partial charge < -0.3 is 9.73 Å². The van der Waals surface area contributed by atoms with Gasteiger partial charge in [0.2, 0.25) is 0 Å². The predicted molar refractivity (Wildman–Crippen MR) is 79.2 cm³/mol. The van der Waals surface area contributed by atoms with E-state index in [-0.39, 0.29) is 11.4 Å². The zero-order valence-corrected chi connectivity index (χ0v) is 12.1. The first-order valence-electron chi connectivity index (χ1n) is 6.18. The van der Waals surface area contributed by atoms with E-state index in [9.17, 15) is 13.2 Å². The van der Waals surface area contributed by atoms with Crippen molar-refractivity contribution in [1.82, 2.24) is 0 Å². The second kappa shape index (κ2) is 5.98. The number of rotatable bonds is 5. The molecule has 4 N–H and O–H groups in total. The molecule has 0 aliphatic carbocycles. The van der Waals surface area contributed by atoms with Gasteiger partial charge in [0.25, 0.3) is 16.1 Å². The van der Waals surface area contributed by atoms with Gasteiger partial charge >= 0.3 is 0 Å². The number of hydrogen-bond acceptors (Lipinski definition) is 4. The van der Waals surface area contributed by atoms with E-state index in [0.29, 0.717) is 17.9 Å². The van der Waals surface area contributed by atoms with Crippen LogP contribution in [0.15, 0.2) is 40.8 Å². The number of anilines is 2. The minimum absolute atomic E-state index is 0.191. The Balaban J connectivity index is 2.12. The van der Waals surface area contributed by atoms with Gasteiger partial charge in [-0.2, -0.15) is 8.42 Å². The zero-order valence-electron chi connectivity index (χ0n) is 11.3. The Morgan fingerprint density at radius 1 is 1.24 bits per heavy atom. The van der Waals surface area contributed by atoms with Crippen molar-refractivity contribution >= 4 is 27.5 Å². The first kappa shape index (κ1) is 15.1. The van der Waals surface area contributed by atoms with Crippen LogP contribution in [0.3, 0.4) is 0 Å². The molecule has 0 aliphatic rings. The van der Waals surface area contributed by atoms with Gasteiger partial charge in [0.05, 0.1) is 5.69 Å². The molecule has 0 atom stereocenters. The molecule has 0 fully saturated rings. The molecular formula is C13H15N3O4S. The van der Waals surface area contributed by atoms with Crippen LogP contribution in [0.1, 0.15) is 23.2 Å². The highest BCUT2D eigenvalue weighted by molar-refractivity contribution is 7.90. The summed E-state index contributed by atoms with van der Waals surface area (Å²) in [5.41, 5.74) is 0.673. The van der Waals surface area contributed by atoms with Crippen molar-refractivity contribution in [3.63, 3.8) is 0 Å². The average molecular weight is 309 g/mol. The van der Waals surface area contributed by atoms with Crippen molar-refractivity contribution in [1.29, 1.82) is 0 Å². The van der Waals surface area contributed by atoms with Gasteiger partial charge in [0.15, 0.2) is 5.76 Å². The molecule has 2 aromatic rings. The third-order valence-electron chi connectivity index (χ3n) is 2.61. The molecule has 112 valence electrons. The highest BCUT2D eigenvalue weighted by Crippen LogP contribution is 2.17. The molecule has 0 aliphatic heterocycles. The van der Waals surface area contributed by atoms with Crippen LogP contribution in [-0.4, -0.2) is 14.3 Å². The van der Waals surface area contributed by atoms with Crippen molar-refractivity contribution in [3.8, 4) is 0 Å². The molecular weight excluding hydrogens is 294 g/mol. The van der Waals surface area contributed by atoms with Crippen LogP contribution in [0.4, 0.5) is 11.4 Å². The molecule has 0 spiro atoms. The first-order chi connectivity index (χ1) is 9.87. The highest BCUT2D eigenvalue weighted by atomic mass is 32.2. The quantitative estimate of drug-likeness (QED) is 0.780. The molecule has 21 heavy (non-hydrogen) atoms. The largest absolute Gasteiger partial charge is 0.456 e. The Bertz CT molecular complexity index is 752. The van der Waals surface area contributed by atoms with E-state index in [1.54, 1.807) is 24.3 Å². The fourth-order valence-corrected chi connectivity index (χ4v) is 2.16. The number of nitrogens with two attached hydrogens (primary N) is 1. The van der Waals surface area contributed by atoms with E-state index in [1.165, 1.54) is 12.1 Å². The monoisotopic (exact) mass is 309 g/mol. The lowest BCUT2D eigenvalue weighted by atomic mass is 10.3. The van der Waals surface area contributed by atoms with Gasteiger partial charge in [-0.25, -0.2) is 5.14 Å². The fourth-order valence-electron chi connectivity index (χ4n) is 1.71. The van der Waals surface area contributed by atoms with E-state index in [1.807, 2.05) is 6.92 Å². The van der Waals surface area contributed by atoms with E-state index in [0.717, 1.165) is 0 Å². The van der Waals surface area contributed by atoms with Crippen molar-refractivity contribution in [2.45, 2.75) is 13.3 Å². The lowest BCUT2D eigenvalue weighted by Gasteiger charge is -2.07. The Morgan fingerprint density at radius 2 is 1.95 bits per heavy atom. The molecule has 0 saturated heterocycles. The summed E-state index contributed by atoms with van der Waals surface area (Å²) in [5, 5.41) is 7.50. The summed E-state index contributed by atoms with van der Waals surface area (Å²) in [6.07, 6.45) is 0.695. The molecule has 0 radical (unpaired) electrons. The standard InChI is InChI=1S/C13H15N3O4S/c1-2-11-6-7-12(20-11)13(17)15-9-4-3-5-10(8-9)16-21(14,18)19/h3-8,16H,2H2,1H3,(H,15,17)(H2,14,18,19). The van der Waals surface area contributed by atoms with Crippen LogP contribution in [0.5, 0.6) is 0 Å². The first-order valence-corrected chi connectivity index (χ1v) is 7.72. The van der Waals surface area contributed by atoms with Crippen LogP contribution >= 0.6 is 0 Å². The van der Waals surface area contributed by atoms with E-state index >= 15 is 0 Å². The van der Waals surface area contributed by atoms with E-state index in [4.69, 9.17) is 9.56 Å². The number of benzene rings is 1. The van der Waals surface area contributed by atoms with Gasteiger partial charge in [-0.15, -0.1) is 0 Å². The lowest BCUT2D eigenvalue weighted by molar-refractivity contribution is 0.0995. The Labute approximate surface area is 122 Å². The summed E-state index contributed by atoms with van der Waals surface area (Å²) in [7, 11) is -3.86. The maximum Gasteiger partial charge on any atom is 0.296 e. The molecule has 1 amide bonds. The number of furan rings is 1. The molecule has 1 aromatic carbocycles. The predicted octanol–water partition coefficient (Wildman–Crippen LogP) is 1.71. The van der Waals surface area contributed by atoms with Gasteiger partial charge in [-0.1, -0.05) is 13.0 Å². The number of carbonyl (C=O) groups is 1. The number of hydrogen-bond donors (Lipinski definition) is 3. The van der Waals surface area contributed by atoms with Crippen molar-refractivity contribution in [2.75, 3.05) is 10.0 Å². The Hall–Kier alpha value is -2.32. The summed E-state index contributed by atoms with van der Waals surface area (Å²) in [6, 6.07) is 9.49. The molecule has 1 aromatic heterocycles. The molecule has 7 nitrogen and oxygen atoms in total. The zero-order chi connectivity index (χ0) is 15.5. The lowest BCUT2D eigenvalue weighted by Crippen LogP contribution is -2.21. The molecule has 0 unspecified atom stereocenters. The topological polar surface area (TPSA) is 114 Å². The SMILES string of the molecule is CCc1ccc(C(=O)Nc2cccc(NS(N)(=O)=O)c2)o1. The highest BCUT2D eigenvalue weighted by Gasteiger charge is 2.11. The van der Waals surface area contributed by atoms with E-state index < -0.39 is 16.1 Å². The second-order valence-electron chi connectivity index (χ2n) is 4.30. The van der Waals surface area contributed by atoms with Crippen LogP contribution in [0, 0.1) is 0 Å². The number of amides is 1. The smallest absolute Gasteiger partial charge is 0.296 e. The number of nitrogens with one attached hydrogen (secondary N) is 2. The van der Waals surface area contributed by atoms with Crippen molar-refractivity contribution in [3.05, 3.63) is 47.9 Å². The number of aryl methyl sites for hydroxylation is 1. The Morgan fingerprint density at radius 3 is 2.57 bits per heavy atom. The minimum atomic E-state index is -3.86. The van der Waals surface area contributed by atoms with Crippen LogP contribution in [0.25, 0.3) is 0 Å². The van der Waals surface area contributed by atoms with Crippen LogP contribution in [-0.2, 0) is 16.6 Å². The third-order valence-corrected chi connectivity index (χ3v) is 3.13. The fraction of sp³-hybridized carbons (Fsp3) is 0.154.